The van der Waals surface area contributed by atoms with Gasteiger partial charge in [-0.3, -0.25) is 0 Å². The number of ether oxygens (including phenoxy) is 2. The van der Waals surface area contributed by atoms with E-state index in [0.717, 1.165) is 23.3 Å². The fourth-order valence-electron chi connectivity index (χ4n) is 3.40. The molecule has 0 aliphatic carbocycles. The predicted octanol–water partition coefficient (Wildman–Crippen LogP) is 4.55. The standard InChI is InChI=1S/C21H23F3N2O3/c1-13(14-5-4-6-17(9-14)21(22,23)24)25-20(27)26-8-7-15-10-18(28-2)19(29-3)11-16(15)12-26/h4-6,9-11,13H,7-8,12H2,1-3H3,(H,25,27). The van der Waals surface area contributed by atoms with Crippen molar-refractivity contribution in [2.24, 2.45) is 0 Å². The van der Waals surface area contributed by atoms with Gasteiger partial charge in [0.05, 0.1) is 25.8 Å². The molecule has 0 saturated heterocycles. The lowest BCUT2D eigenvalue weighted by Gasteiger charge is -2.31. The van der Waals surface area contributed by atoms with Gasteiger partial charge in [0.15, 0.2) is 11.5 Å². The molecule has 0 radical (unpaired) electrons. The lowest BCUT2D eigenvalue weighted by molar-refractivity contribution is -0.137. The number of nitrogens with one attached hydrogen (secondary N) is 1. The molecule has 2 aromatic rings. The first-order valence-corrected chi connectivity index (χ1v) is 9.19. The van der Waals surface area contributed by atoms with E-state index in [2.05, 4.69) is 5.32 Å². The monoisotopic (exact) mass is 408 g/mol. The van der Waals surface area contributed by atoms with E-state index in [1.807, 2.05) is 12.1 Å². The highest BCUT2D eigenvalue weighted by Crippen LogP contribution is 2.34. The van der Waals surface area contributed by atoms with Gasteiger partial charge in [-0.1, -0.05) is 12.1 Å². The van der Waals surface area contributed by atoms with Crippen LogP contribution in [0, 0.1) is 0 Å². The highest BCUT2D eigenvalue weighted by atomic mass is 19.4. The van der Waals surface area contributed by atoms with E-state index in [4.69, 9.17) is 9.47 Å². The second-order valence-corrected chi connectivity index (χ2v) is 6.94. The van der Waals surface area contributed by atoms with E-state index in [0.29, 0.717) is 36.6 Å². The minimum absolute atomic E-state index is 0.324. The van der Waals surface area contributed by atoms with E-state index >= 15 is 0 Å². The van der Waals surface area contributed by atoms with Crippen LogP contribution in [-0.2, 0) is 19.1 Å². The van der Waals surface area contributed by atoms with Crippen molar-refractivity contribution in [3.8, 4) is 11.5 Å². The highest BCUT2D eigenvalue weighted by Gasteiger charge is 2.31. The average molecular weight is 408 g/mol. The Labute approximate surface area is 167 Å². The molecule has 2 amide bonds. The average Bonchev–Trinajstić information content (AvgIpc) is 2.71. The zero-order valence-corrected chi connectivity index (χ0v) is 16.5. The number of amides is 2. The van der Waals surface area contributed by atoms with Crippen LogP contribution in [0.1, 0.15) is 35.2 Å². The number of alkyl halides is 3. The van der Waals surface area contributed by atoms with E-state index in [-0.39, 0.29) is 6.03 Å². The second kappa shape index (κ2) is 8.23. The Morgan fingerprint density at radius 2 is 1.76 bits per heavy atom. The maximum atomic E-state index is 12.9. The summed E-state index contributed by atoms with van der Waals surface area (Å²) in [5.74, 6) is 1.23. The van der Waals surface area contributed by atoms with Crippen LogP contribution in [0.2, 0.25) is 0 Å². The van der Waals surface area contributed by atoms with E-state index in [1.165, 1.54) is 6.07 Å². The van der Waals surface area contributed by atoms with Crippen molar-refractivity contribution >= 4 is 6.03 Å². The third-order valence-corrected chi connectivity index (χ3v) is 5.06. The van der Waals surface area contributed by atoms with E-state index < -0.39 is 17.8 Å². The summed E-state index contributed by atoms with van der Waals surface area (Å²) in [5, 5.41) is 2.79. The number of fused-ring (bicyclic) bond motifs is 1. The smallest absolute Gasteiger partial charge is 0.416 e. The van der Waals surface area contributed by atoms with Gasteiger partial charge in [-0.05, 0) is 54.3 Å². The Bertz CT molecular complexity index is 899. The maximum absolute atomic E-state index is 12.9. The molecule has 0 bridgehead atoms. The van der Waals surface area contributed by atoms with Crippen molar-refractivity contribution in [1.82, 2.24) is 10.2 Å². The van der Waals surface area contributed by atoms with E-state index in [9.17, 15) is 18.0 Å². The zero-order chi connectivity index (χ0) is 21.2. The summed E-state index contributed by atoms with van der Waals surface area (Å²) in [7, 11) is 3.12. The van der Waals surface area contributed by atoms with Crippen molar-refractivity contribution in [3.05, 3.63) is 58.7 Å². The molecule has 29 heavy (non-hydrogen) atoms. The third-order valence-electron chi connectivity index (χ3n) is 5.06. The SMILES string of the molecule is COc1cc2c(cc1OC)CN(C(=O)NC(C)c1cccc(C(F)(F)F)c1)CC2. The molecule has 5 nitrogen and oxygen atoms in total. The minimum atomic E-state index is -4.42. The summed E-state index contributed by atoms with van der Waals surface area (Å²) in [6.07, 6.45) is -3.77. The Kier molecular flexibility index (Phi) is 5.91. The fraction of sp³-hybridized carbons (Fsp3) is 0.381. The lowest BCUT2D eigenvalue weighted by atomic mass is 9.99. The number of hydrogen-bond acceptors (Lipinski definition) is 3. The summed E-state index contributed by atoms with van der Waals surface area (Å²) in [6, 6.07) is 7.88. The number of hydrogen-bond donors (Lipinski definition) is 1. The van der Waals surface area contributed by atoms with Crippen LogP contribution in [-0.4, -0.2) is 31.7 Å². The molecule has 1 heterocycles. The minimum Gasteiger partial charge on any atom is -0.493 e. The summed E-state index contributed by atoms with van der Waals surface area (Å²) >= 11 is 0. The molecule has 1 aliphatic heterocycles. The van der Waals surface area contributed by atoms with Gasteiger partial charge in [0.2, 0.25) is 0 Å². The zero-order valence-electron chi connectivity index (χ0n) is 16.5. The van der Waals surface area contributed by atoms with Crippen LogP contribution in [0.25, 0.3) is 0 Å². The molecule has 1 aliphatic rings. The first-order chi connectivity index (χ1) is 13.7. The number of benzene rings is 2. The summed E-state index contributed by atoms with van der Waals surface area (Å²) in [5.41, 5.74) is 1.70. The largest absolute Gasteiger partial charge is 0.493 e. The van der Waals surface area contributed by atoms with Gasteiger partial charge in [-0.25, -0.2) is 4.79 Å². The van der Waals surface area contributed by atoms with Gasteiger partial charge < -0.3 is 19.7 Å². The molecule has 1 atom stereocenters. The Morgan fingerprint density at radius 1 is 1.10 bits per heavy atom. The Hall–Kier alpha value is -2.90. The van der Waals surface area contributed by atoms with Crippen molar-refractivity contribution in [1.29, 1.82) is 0 Å². The number of methoxy groups -OCH3 is 2. The molecule has 0 fully saturated rings. The molecule has 3 rings (SSSR count). The molecule has 0 aromatic heterocycles. The number of carbonyl (C=O) groups is 1. The highest BCUT2D eigenvalue weighted by molar-refractivity contribution is 5.75. The molecule has 1 N–H and O–H groups in total. The second-order valence-electron chi connectivity index (χ2n) is 6.94. The van der Waals surface area contributed by atoms with Crippen molar-refractivity contribution in [3.63, 3.8) is 0 Å². The molecule has 0 saturated carbocycles. The number of nitrogens with zero attached hydrogens (tertiary/aromatic N) is 1. The molecular formula is C21H23F3N2O3. The van der Waals surface area contributed by atoms with Crippen molar-refractivity contribution in [2.75, 3.05) is 20.8 Å². The quantitative estimate of drug-likeness (QED) is 0.808. The molecule has 2 aromatic carbocycles. The number of rotatable bonds is 4. The maximum Gasteiger partial charge on any atom is 0.416 e. The molecule has 0 spiro atoms. The number of carbonyl (C=O) groups excluding carboxylic acids is 1. The summed E-state index contributed by atoms with van der Waals surface area (Å²) in [6.45, 7) is 2.56. The molecule has 156 valence electrons. The fourth-order valence-corrected chi connectivity index (χ4v) is 3.40. The Balaban J connectivity index is 1.71. The Morgan fingerprint density at radius 3 is 2.38 bits per heavy atom. The van der Waals surface area contributed by atoms with Crippen LogP contribution in [0.5, 0.6) is 11.5 Å². The number of halogens is 3. The first-order valence-electron chi connectivity index (χ1n) is 9.19. The van der Waals surface area contributed by atoms with Crippen molar-refractivity contribution < 1.29 is 27.4 Å². The summed E-state index contributed by atoms with van der Waals surface area (Å²) < 4.78 is 49.4. The topological polar surface area (TPSA) is 50.8 Å². The molecule has 1 unspecified atom stereocenters. The molecular weight excluding hydrogens is 385 g/mol. The molecule has 8 heteroatoms. The summed E-state index contributed by atoms with van der Waals surface area (Å²) in [4.78, 5) is 14.3. The normalized spacial score (nSPS) is 14.8. The van der Waals surface area contributed by atoms with Crippen LogP contribution in [0.15, 0.2) is 36.4 Å². The lowest BCUT2D eigenvalue weighted by Crippen LogP contribution is -2.43. The van der Waals surface area contributed by atoms with Gasteiger partial charge >= 0.3 is 12.2 Å². The predicted molar refractivity (Wildman–Crippen MR) is 102 cm³/mol. The van der Waals surface area contributed by atoms with Crippen LogP contribution in [0.3, 0.4) is 0 Å². The van der Waals surface area contributed by atoms with Gasteiger partial charge in [-0.2, -0.15) is 13.2 Å². The van der Waals surface area contributed by atoms with Crippen LogP contribution < -0.4 is 14.8 Å². The van der Waals surface area contributed by atoms with Crippen LogP contribution in [0.4, 0.5) is 18.0 Å². The van der Waals surface area contributed by atoms with Gasteiger partial charge in [0.1, 0.15) is 0 Å². The third kappa shape index (κ3) is 4.58. The van der Waals surface area contributed by atoms with Crippen LogP contribution >= 0.6 is 0 Å². The van der Waals surface area contributed by atoms with Gasteiger partial charge in [0.25, 0.3) is 0 Å². The number of urea groups is 1. The first kappa shape index (κ1) is 20.8. The van der Waals surface area contributed by atoms with Gasteiger partial charge in [-0.15, -0.1) is 0 Å². The van der Waals surface area contributed by atoms with Crippen molar-refractivity contribution in [2.45, 2.75) is 32.1 Å². The van der Waals surface area contributed by atoms with Gasteiger partial charge in [0, 0.05) is 13.1 Å². The van der Waals surface area contributed by atoms with E-state index in [1.54, 1.807) is 32.1 Å².